The SMILES string of the molecule is CC(C(=O)NC(C)(C)C)N(Cc1ccccc1)C(=O)CCCOc1ccccc1. The average Bonchev–Trinajstić information content (AvgIpc) is 2.69. The van der Waals surface area contributed by atoms with Crippen LogP contribution >= 0.6 is 0 Å². The molecule has 0 aliphatic rings. The first kappa shape index (κ1) is 22.5. The molecule has 2 rings (SSSR count). The number of para-hydroxylation sites is 1. The average molecular weight is 397 g/mol. The Balaban J connectivity index is 1.99. The quantitative estimate of drug-likeness (QED) is 0.647. The molecular formula is C24H32N2O3. The van der Waals surface area contributed by atoms with Crippen molar-refractivity contribution in [1.82, 2.24) is 10.2 Å². The van der Waals surface area contributed by atoms with E-state index >= 15 is 0 Å². The van der Waals surface area contributed by atoms with Gasteiger partial charge in [0.1, 0.15) is 11.8 Å². The van der Waals surface area contributed by atoms with Gasteiger partial charge in [0.15, 0.2) is 0 Å². The molecule has 2 aromatic carbocycles. The molecule has 0 bridgehead atoms. The number of benzene rings is 2. The van der Waals surface area contributed by atoms with Crippen LogP contribution in [0.4, 0.5) is 0 Å². The zero-order valence-electron chi connectivity index (χ0n) is 17.9. The van der Waals surface area contributed by atoms with Crippen LogP contribution in [0.15, 0.2) is 60.7 Å². The van der Waals surface area contributed by atoms with E-state index in [-0.39, 0.29) is 17.4 Å². The number of amides is 2. The van der Waals surface area contributed by atoms with E-state index in [9.17, 15) is 9.59 Å². The highest BCUT2D eigenvalue weighted by Gasteiger charge is 2.28. The van der Waals surface area contributed by atoms with Crippen LogP contribution in [0.5, 0.6) is 5.75 Å². The van der Waals surface area contributed by atoms with Gasteiger partial charge in [-0.25, -0.2) is 0 Å². The van der Waals surface area contributed by atoms with Crippen LogP contribution in [0, 0.1) is 0 Å². The third-order valence-electron chi connectivity index (χ3n) is 4.41. The van der Waals surface area contributed by atoms with Gasteiger partial charge in [-0.3, -0.25) is 9.59 Å². The lowest BCUT2D eigenvalue weighted by Gasteiger charge is -2.31. The Kier molecular flexibility index (Phi) is 8.25. The normalized spacial score (nSPS) is 12.1. The van der Waals surface area contributed by atoms with Gasteiger partial charge in [0.05, 0.1) is 6.61 Å². The predicted octanol–water partition coefficient (Wildman–Crippen LogP) is 4.18. The molecule has 0 spiro atoms. The molecule has 0 heterocycles. The van der Waals surface area contributed by atoms with E-state index in [1.165, 1.54) is 0 Å². The second-order valence-corrected chi connectivity index (χ2v) is 8.19. The van der Waals surface area contributed by atoms with Gasteiger partial charge in [0.25, 0.3) is 0 Å². The minimum Gasteiger partial charge on any atom is -0.494 e. The van der Waals surface area contributed by atoms with Crippen molar-refractivity contribution in [1.29, 1.82) is 0 Å². The summed E-state index contributed by atoms with van der Waals surface area (Å²) in [5.74, 6) is 0.586. The minimum atomic E-state index is -0.558. The van der Waals surface area contributed by atoms with Crippen molar-refractivity contribution in [3.63, 3.8) is 0 Å². The highest BCUT2D eigenvalue weighted by molar-refractivity contribution is 5.87. The molecule has 5 heteroatoms. The molecule has 29 heavy (non-hydrogen) atoms. The summed E-state index contributed by atoms with van der Waals surface area (Å²) in [7, 11) is 0. The molecule has 0 aliphatic carbocycles. The van der Waals surface area contributed by atoms with Crippen molar-refractivity contribution in [2.75, 3.05) is 6.61 Å². The predicted molar refractivity (Wildman–Crippen MR) is 116 cm³/mol. The Labute approximate surface area is 174 Å². The van der Waals surface area contributed by atoms with Crippen LogP contribution < -0.4 is 10.1 Å². The van der Waals surface area contributed by atoms with Crippen molar-refractivity contribution in [3.05, 3.63) is 66.2 Å². The molecule has 0 fully saturated rings. The number of nitrogens with zero attached hydrogens (tertiary/aromatic N) is 1. The molecule has 2 aromatic rings. The largest absolute Gasteiger partial charge is 0.494 e. The lowest BCUT2D eigenvalue weighted by atomic mass is 10.1. The van der Waals surface area contributed by atoms with Gasteiger partial charge >= 0.3 is 0 Å². The third kappa shape index (κ3) is 7.98. The maximum Gasteiger partial charge on any atom is 0.242 e. The second-order valence-electron chi connectivity index (χ2n) is 8.19. The Morgan fingerprint density at radius 3 is 2.17 bits per heavy atom. The van der Waals surface area contributed by atoms with Gasteiger partial charge in [0.2, 0.25) is 11.8 Å². The van der Waals surface area contributed by atoms with Crippen LogP contribution in [0.2, 0.25) is 0 Å². The molecular weight excluding hydrogens is 364 g/mol. The lowest BCUT2D eigenvalue weighted by Crippen LogP contribution is -2.52. The topological polar surface area (TPSA) is 58.6 Å². The van der Waals surface area contributed by atoms with Gasteiger partial charge in [0, 0.05) is 18.5 Å². The monoisotopic (exact) mass is 396 g/mol. The summed E-state index contributed by atoms with van der Waals surface area (Å²) in [4.78, 5) is 27.3. The van der Waals surface area contributed by atoms with Gasteiger partial charge in [-0.05, 0) is 51.8 Å². The molecule has 2 amide bonds. The maximum atomic E-state index is 13.0. The molecule has 0 saturated carbocycles. The highest BCUT2D eigenvalue weighted by Crippen LogP contribution is 2.14. The molecule has 1 atom stereocenters. The van der Waals surface area contributed by atoms with E-state index in [1.807, 2.05) is 81.4 Å². The van der Waals surface area contributed by atoms with Crippen LogP contribution in [-0.4, -0.2) is 34.9 Å². The molecule has 1 unspecified atom stereocenters. The number of rotatable bonds is 9. The zero-order valence-corrected chi connectivity index (χ0v) is 17.9. The summed E-state index contributed by atoms with van der Waals surface area (Å²) in [6.07, 6.45) is 0.916. The van der Waals surface area contributed by atoms with E-state index in [2.05, 4.69) is 5.32 Å². The summed E-state index contributed by atoms with van der Waals surface area (Å²) in [5, 5.41) is 2.97. The third-order valence-corrected chi connectivity index (χ3v) is 4.41. The van der Waals surface area contributed by atoms with Crippen LogP contribution in [0.3, 0.4) is 0 Å². The van der Waals surface area contributed by atoms with Crippen LogP contribution in [0.1, 0.15) is 46.1 Å². The van der Waals surface area contributed by atoms with Gasteiger partial charge < -0.3 is 15.0 Å². The first-order valence-electron chi connectivity index (χ1n) is 10.1. The minimum absolute atomic E-state index is 0.0536. The summed E-state index contributed by atoms with van der Waals surface area (Å²) in [5.41, 5.74) is 0.646. The van der Waals surface area contributed by atoms with E-state index in [4.69, 9.17) is 4.74 Å². The Morgan fingerprint density at radius 2 is 1.59 bits per heavy atom. The molecule has 0 radical (unpaired) electrons. The summed E-state index contributed by atoms with van der Waals surface area (Å²) in [6.45, 7) is 8.43. The van der Waals surface area contributed by atoms with Crippen LogP contribution in [0.25, 0.3) is 0 Å². The van der Waals surface area contributed by atoms with E-state index in [0.717, 1.165) is 11.3 Å². The maximum absolute atomic E-state index is 13.0. The summed E-state index contributed by atoms with van der Waals surface area (Å²) >= 11 is 0. The Morgan fingerprint density at radius 1 is 1.00 bits per heavy atom. The fraction of sp³-hybridized carbons (Fsp3) is 0.417. The van der Waals surface area contributed by atoms with E-state index in [1.54, 1.807) is 11.8 Å². The number of hydrogen-bond donors (Lipinski definition) is 1. The van der Waals surface area contributed by atoms with Crippen molar-refractivity contribution in [2.45, 2.75) is 58.7 Å². The van der Waals surface area contributed by atoms with Crippen molar-refractivity contribution >= 4 is 11.8 Å². The molecule has 156 valence electrons. The smallest absolute Gasteiger partial charge is 0.242 e. The van der Waals surface area contributed by atoms with E-state index < -0.39 is 6.04 Å². The number of carbonyl (C=O) groups is 2. The standard InChI is InChI=1S/C24H32N2O3/c1-19(23(28)25-24(2,3)4)26(18-20-12-7-5-8-13-20)22(27)16-11-17-29-21-14-9-6-10-15-21/h5-10,12-15,19H,11,16-18H2,1-4H3,(H,25,28). The highest BCUT2D eigenvalue weighted by atomic mass is 16.5. The number of carbonyl (C=O) groups excluding carboxylic acids is 2. The molecule has 1 N–H and O–H groups in total. The van der Waals surface area contributed by atoms with Gasteiger partial charge in [-0.15, -0.1) is 0 Å². The Bertz CT molecular complexity index is 770. The van der Waals surface area contributed by atoms with Gasteiger partial charge in [-0.2, -0.15) is 0 Å². The van der Waals surface area contributed by atoms with Crippen molar-refractivity contribution in [2.24, 2.45) is 0 Å². The van der Waals surface area contributed by atoms with Crippen LogP contribution in [-0.2, 0) is 16.1 Å². The van der Waals surface area contributed by atoms with E-state index in [0.29, 0.717) is 26.0 Å². The molecule has 0 aliphatic heterocycles. The first-order valence-corrected chi connectivity index (χ1v) is 10.1. The zero-order chi connectivity index (χ0) is 21.3. The fourth-order valence-electron chi connectivity index (χ4n) is 2.91. The number of hydrogen-bond acceptors (Lipinski definition) is 3. The van der Waals surface area contributed by atoms with Gasteiger partial charge in [-0.1, -0.05) is 48.5 Å². The number of nitrogens with one attached hydrogen (secondary N) is 1. The number of ether oxygens (including phenoxy) is 1. The lowest BCUT2D eigenvalue weighted by molar-refractivity contribution is -0.141. The summed E-state index contributed by atoms with van der Waals surface area (Å²) in [6, 6.07) is 18.7. The Hall–Kier alpha value is -2.82. The fourth-order valence-corrected chi connectivity index (χ4v) is 2.91. The molecule has 0 saturated heterocycles. The summed E-state index contributed by atoms with van der Waals surface area (Å²) < 4.78 is 5.68. The first-order chi connectivity index (χ1) is 13.8. The van der Waals surface area contributed by atoms with Crippen molar-refractivity contribution in [3.8, 4) is 5.75 Å². The van der Waals surface area contributed by atoms with Crippen molar-refractivity contribution < 1.29 is 14.3 Å². The molecule has 0 aromatic heterocycles. The second kappa shape index (κ2) is 10.6. The molecule has 5 nitrogen and oxygen atoms in total.